The van der Waals surface area contributed by atoms with Gasteiger partial charge in [-0.3, -0.25) is 14.4 Å². The third-order valence-corrected chi connectivity index (χ3v) is 10.1. The Morgan fingerprint density at radius 3 is 2.28 bits per heavy atom. The van der Waals surface area contributed by atoms with Gasteiger partial charge in [-0.25, -0.2) is 4.98 Å². The summed E-state index contributed by atoms with van der Waals surface area (Å²) in [5, 5.41) is 10.9. The summed E-state index contributed by atoms with van der Waals surface area (Å²) in [7, 11) is 0. The van der Waals surface area contributed by atoms with Crippen LogP contribution in [0.2, 0.25) is 5.02 Å². The van der Waals surface area contributed by atoms with Gasteiger partial charge in [-0.1, -0.05) is 112 Å². The van der Waals surface area contributed by atoms with Gasteiger partial charge in [-0.05, 0) is 65.7 Å². The highest BCUT2D eigenvalue weighted by Crippen LogP contribution is 2.38. The lowest BCUT2D eigenvalue weighted by atomic mass is 10.1. The Kier molecular flexibility index (Phi) is 11.6. The van der Waals surface area contributed by atoms with E-state index in [1.165, 1.54) is 23.1 Å². The van der Waals surface area contributed by atoms with Crippen molar-refractivity contribution in [2.45, 2.75) is 10.1 Å². The lowest BCUT2D eigenvalue weighted by molar-refractivity contribution is -0.116. The minimum atomic E-state index is -0.632. The van der Waals surface area contributed by atoms with Crippen molar-refractivity contribution in [3.8, 4) is 11.3 Å². The fourth-order valence-electron chi connectivity index (χ4n) is 4.88. The molecular weight excluding hydrogens is 752 g/mol. The summed E-state index contributed by atoms with van der Waals surface area (Å²) in [4.78, 5) is 45.9. The molecule has 248 valence electrons. The van der Waals surface area contributed by atoms with Crippen LogP contribution in [0, 0.1) is 0 Å². The van der Waals surface area contributed by atoms with E-state index in [9.17, 15) is 14.4 Å². The van der Waals surface area contributed by atoms with Crippen LogP contribution in [0.25, 0.3) is 17.3 Å². The predicted octanol–water partition coefficient (Wildman–Crippen LogP) is 10.1. The Labute approximate surface area is 311 Å². The van der Waals surface area contributed by atoms with Gasteiger partial charge in [0.1, 0.15) is 10.9 Å². The summed E-state index contributed by atoms with van der Waals surface area (Å²) in [5.74, 6) is -1.17. The van der Waals surface area contributed by atoms with Crippen LogP contribution in [-0.4, -0.2) is 22.7 Å². The first kappa shape index (κ1) is 34.8. The zero-order valence-electron chi connectivity index (χ0n) is 26.2. The Bertz CT molecular complexity index is 2180. The van der Waals surface area contributed by atoms with E-state index in [-0.39, 0.29) is 11.6 Å². The number of anilines is 2. The Hall–Kier alpha value is -5.00. The van der Waals surface area contributed by atoms with E-state index < -0.39 is 17.1 Å². The van der Waals surface area contributed by atoms with Crippen LogP contribution in [0.15, 0.2) is 154 Å². The number of thioether (sulfide) groups is 1. The van der Waals surface area contributed by atoms with Gasteiger partial charge in [-0.15, -0.1) is 23.1 Å². The predicted molar refractivity (Wildman–Crippen MR) is 207 cm³/mol. The van der Waals surface area contributed by atoms with Crippen LogP contribution in [0.3, 0.4) is 0 Å². The van der Waals surface area contributed by atoms with E-state index in [1.54, 1.807) is 54.6 Å². The highest BCUT2D eigenvalue weighted by Gasteiger charge is 2.24. The van der Waals surface area contributed by atoms with Gasteiger partial charge < -0.3 is 16.0 Å². The lowest BCUT2D eigenvalue weighted by Gasteiger charge is -2.17. The second-order valence-electron chi connectivity index (χ2n) is 10.8. The molecule has 0 saturated carbocycles. The van der Waals surface area contributed by atoms with Crippen LogP contribution < -0.4 is 16.0 Å². The molecule has 0 spiro atoms. The first-order valence-corrected chi connectivity index (χ1v) is 18.2. The number of nitrogens with one attached hydrogen (secondary N) is 3. The molecule has 1 atom stereocenters. The van der Waals surface area contributed by atoms with E-state index in [2.05, 4.69) is 36.9 Å². The molecular formula is C39H28BrClN4O3S2. The fourth-order valence-corrected chi connectivity index (χ4v) is 7.33. The van der Waals surface area contributed by atoms with Crippen LogP contribution in [0.1, 0.15) is 26.7 Å². The molecule has 1 heterocycles. The van der Waals surface area contributed by atoms with Gasteiger partial charge in [0, 0.05) is 36.6 Å². The normalized spacial score (nSPS) is 11.8. The first-order valence-electron chi connectivity index (χ1n) is 15.3. The van der Waals surface area contributed by atoms with Crippen molar-refractivity contribution in [2.24, 2.45) is 0 Å². The zero-order chi connectivity index (χ0) is 34.9. The van der Waals surface area contributed by atoms with Crippen LogP contribution in [0.5, 0.6) is 0 Å². The van der Waals surface area contributed by atoms with Crippen LogP contribution >= 0.6 is 50.6 Å². The second kappa shape index (κ2) is 16.6. The number of rotatable bonds is 11. The summed E-state index contributed by atoms with van der Waals surface area (Å²) in [6.45, 7) is 0. The number of halogens is 2. The Morgan fingerprint density at radius 1 is 0.800 bits per heavy atom. The molecule has 0 aliphatic heterocycles. The summed E-state index contributed by atoms with van der Waals surface area (Å²) in [5.41, 5.74) is 3.96. The lowest BCUT2D eigenvalue weighted by Crippen LogP contribution is -2.30. The Morgan fingerprint density at radius 2 is 1.52 bits per heavy atom. The van der Waals surface area contributed by atoms with E-state index in [1.807, 2.05) is 90.3 Å². The van der Waals surface area contributed by atoms with Crippen molar-refractivity contribution in [3.63, 3.8) is 0 Å². The number of carbonyl (C=O) groups excluding carboxylic acids is 3. The van der Waals surface area contributed by atoms with Crippen LogP contribution in [-0.2, 0) is 9.59 Å². The highest BCUT2D eigenvalue weighted by atomic mass is 79.9. The van der Waals surface area contributed by atoms with Gasteiger partial charge in [-0.2, -0.15) is 0 Å². The topological polar surface area (TPSA) is 100 Å². The molecule has 0 fully saturated rings. The van der Waals surface area contributed by atoms with Gasteiger partial charge in [0.15, 0.2) is 5.13 Å². The number of thiazole rings is 1. The van der Waals surface area contributed by atoms with E-state index in [0.717, 1.165) is 26.1 Å². The third-order valence-electron chi connectivity index (χ3n) is 7.26. The number of aromatic nitrogens is 1. The quantitative estimate of drug-likeness (QED) is 0.0898. The fraction of sp³-hybridized carbons (Fsp3) is 0.0256. The highest BCUT2D eigenvalue weighted by molar-refractivity contribution is 9.10. The summed E-state index contributed by atoms with van der Waals surface area (Å²) in [6, 6.07) is 40.2. The number of hydrogen-bond donors (Lipinski definition) is 3. The molecule has 1 unspecified atom stereocenters. The van der Waals surface area contributed by atoms with Gasteiger partial charge in [0.2, 0.25) is 5.91 Å². The summed E-state index contributed by atoms with van der Waals surface area (Å²) in [6.07, 6.45) is 1.62. The molecule has 50 heavy (non-hydrogen) atoms. The maximum Gasteiger partial charge on any atom is 0.272 e. The number of amides is 3. The van der Waals surface area contributed by atoms with Gasteiger partial charge >= 0.3 is 0 Å². The largest absolute Gasteiger partial charge is 0.321 e. The van der Waals surface area contributed by atoms with Crippen molar-refractivity contribution in [1.29, 1.82) is 0 Å². The maximum absolute atomic E-state index is 13.8. The number of nitrogens with zero attached hydrogens (tertiary/aromatic N) is 1. The Balaban J connectivity index is 1.21. The third kappa shape index (κ3) is 9.16. The molecule has 0 aliphatic carbocycles. The molecule has 6 rings (SSSR count). The van der Waals surface area contributed by atoms with Crippen LogP contribution in [0.4, 0.5) is 10.8 Å². The minimum Gasteiger partial charge on any atom is -0.321 e. The molecule has 3 amide bonds. The van der Waals surface area contributed by atoms with E-state index >= 15 is 0 Å². The molecule has 0 bridgehead atoms. The van der Waals surface area contributed by atoms with Crippen molar-refractivity contribution in [1.82, 2.24) is 10.3 Å². The smallest absolute Gasteiger partial charge is 0.272 e. The first-order chi connectivity index (χ1) is 24.3. The number of hydrogen-bond acceptors (Lipinski definition) is 6. The second-order valence-corrected chi connectivity index (χ2v) is 14.2. The van der Waals surface area contributed by atoms with Gasteiger partial charge in [0.25, 0.3) is 11.8 Å². The molecule has 5 aromatic carbocycles. The van der Waals surface area contributed by atoms with Crippen molar-refractivity contribution in [2.75, 3.05) is 10.6 Å². The summed E-state index contributed by atoms with van der Waals surface area (Å²) < 4.78 is 0.831. The molecule has 0 radical (unpaired) electrons. The number of benzene rings is 5. The van der Waals surface area contributed by atoms with Crippen molar-refractivity contribution < 1.29 is 14.4 Å². The number of carbonyl (C=O) groups is 3. The zero-order valence-corrected chi connectivity index (χ0v) is 30.2. The van der Waals surface area contributed by atoms with Crippen molar-refractivity contribution in [3.05, 3.63) is 171 Å². The maximum atomic E-state index is 13.8. The SMILES string of the molecule is O=C(Nc1cccc(SC(C(=O)Nc2nc(-c3ccccc3Cl)cs2)c2ccccc2)c1)/C(=C\c1cccc(Br)c1)NC(=O)c1ccccc1. The average molecular weight is 780 g/mol. The standard InChI is InChI=1S/C39H28BrClN4O3S2/c40-28-16-9-11-25(21-28)22-33(43-36(46)27-14-5-2-6-15-27)37(47)42-29-17-10-18-30(23-29)50-35(26-12-3-1-4-13-26)38(48)45-39-44-34(24-49-39)31-19-7-8-20-32(31)41/h1-24,35H,(H,42,47)(H,43,46)(H,44,45,48)/b33-22+. The minimum absolute atomic E-state index is 0.0659. The summed E-state index contributed by atoms with van der Waals surface area (Å²) >= 11 is 12.5. The monoisotopic (exact) mass is 778 g/mol. The molecule has 7 nitrogen and oxygen atoms in total. The molecule has 11 heteroatoms. The molecule has 6 aromatic rings. The van der Waals surface area contributed by atoms with Crippen molar-refractivity contribution >= 4 is 85.2 Å². The molecule has 1 aromatic heterocycles. The van der Waals surface area contributed by atoms with E-state index in [4.69, 9.17) is 11.6 Å². The molecule has 3 N–H and O–H groups in total. The average Bonchev–Trinajstić information content (AvgIpc) is 3.59. The molecule has 0 aliphatic rings. The van der Waals surface area contributed by atoms with Gasteiger partial charge in [0.05, 0.1) is 5.69 Å². The molecule has 0 saturated heterocycles. The van der Waals surface area contributed by atoms with E-state index in [0.29, 0.717) is 27.1 Å².